The van der Waals surface area contributed by atoms with Crippen molar-refractivity contribution in [1.29, 1.82) is 0 Å². The van der Waals surface area contributed by atoms with E-state index in [9.17, 15) is 0 Å². The maximum absolute atomic E-state index is 5.98. The number of hydrogen-bond acceptors (Lipinski definition) is 3. The van der Waals surface area contributed by atoms with E-state index in [2.05, 4.69) is 43.0 Å². The van der Waals surface area contributed by atoms with Gasteiger partial charge in [0.1, 0.15) is 0 Å². The Labute approximate surface area is 125 Å². The third kappa shape index (κ3) is 2.50. The summed E-state index contributed by atoms with van der Waals surface area (Å²) < 4.78 is 1.38. The van der Waals surface area contributed by atoms with Crippen LogP contribution in [-0.2, 0) is 13.1 Å². The Morgan fingerprint density at radius 1 is 1.35 bits per heavy atom. The lowest BCUT2D eigenvalue weighted by atomic mass is 10.0. The summed E-state index contributed by atoms with van der Waals surface area (Å²) in [5.74, 6) is 0.740. The van der Waals surface area contributed by atoms with Crippen molar-refractivity contribution in [3.63, 3.8) is 0 Å². The van der Waals surface area contributed by atoms with Gasteiger partial charge in [0, 0.05) is 28.7 Å². The van der Waals surface area contributed by atoms with Gasteiger partial charge in [-0.2, -0.15) is 0 Å². The van der Waals surface area contributed by atoms with Gasteiger partial charge in [-0.05, 0) is 42.3 Å². The Balaban J connectivity index is 1.93. The van der Waals surface area contributed by atoms with Crippen molar-refractivity contribution in [2.24, 2.45) is 11.7 Å². The smallest absolute Gasteiger partial charge is 0.0349 e. The molecule has 1 aliphatic rings. The summed E-state index contributed by atoms with van der Waals surface area (Å²) in [4.78, 5) is 4.03. The molecule has 108 valence electrons. The predicted octanol–water partition coefficient (Wildman–Crippen LogP) is 3.98. The Morgan fingerprint density at radius 2 is 2.15 bits per heavy atom. The first-order valence-electron chi connectivity index (χ1n) is 7.64. The van der Waals surface area contributed by atoms with Crippen LogP contribution in [0.25, 0.3) is 10.1 Å². The molecule has 2 aromatic rings. The zero-order valence-corrected chi connectivity index (χ0v) is 13.2. The average Bonchev–Trinajstić information content (AvgIpc) is 3.04. The van der Waals surface area contributed by atoms with E-state index < -0.39 is 0 Å². The van der Waals surface area contributed by atoms with Crippen LogP contribution in [0.1, 0.15) is 37.1 Å². The van der Waals surface area contributed by atoms with Gasteiger partial charge in [-0.1, -0.05) is 32.0 Å². The number of thiophene rings is 1. The molecule has 0 bridgehead atoms. The van der Waals surface area contributed by atoms with Gasteiger partial charge >= 0.3 is 0 Å². The zero-order valence-electron chi connectivity index (χ0n) is 12.4. The Hall–Kier alpha value is -0.900. The minimum Gasteiger partial charge on any atom is -0.326 e. The molecule has 2 heterocycles. The fourth-order valence-corrected chi connectivity index (χ4v) is 4.59. The van der Waals surface area contributed by atoms with E-state index in [1.807, 2.05) is 11.3 Å². The van der Waals surface area contributed by atoms with Crippen molar-refractivity contribution in [2.45, 2.75) is 45.8 Å². The molecule has 2 N–H and O–H groups in total. The molecule has 0 spiro atoms. The second-order valence-corrected chi connectivity index (χ2v) is 7.26. The van der Waals surface area contributed by atoms with Crippen LogP contribution in [0.3, 0.4) is 0 Å². The van der Waals surface area contributed by atoms with Crippen molar-refractivity contribution in [2.75, 3.05) is 6.54 Å². The lowest BCUT2D eigenvalue weighted by molar-refractivity contribution is 0.199. The van der Waals surface area contributed by atoms with Gasteiger partial charge in [-0.25, -0.2) is 0 Å². The summed E-state index contributed by atoms with van der Waals surface area (Å²) in [6.45, 7) is 7.66. The third-order valence-electron chi connectivity index (χ3n) is 4.51. The number of fused-ring (bicyclic) bond motifs is 1. The molecule has 0 amide bonds. The number of likely N-dealkylation sites (tertiary alicyclic amines) is 1. The molecular formula is C17H24N2S. The lowest BCUT2D eigenvalue weighted by Gasteiger charge is -2.27. The minimum atomic E-state index is 0.662. The van der Waals surface area contributed by atoms with Gasteiger partial charge in [-0.3, -0.25) is 4.90 Å². The average molecular weight is 288 g/mol. The molecule has 0 radical (unpaired) electrons. The van der Waals surface area contributed by atoms with Gasteiger partial charge in [-0.15, -0.1) is 11.3 Å². The lowest BCUT2D eigenvalue weighted by Crippen LogP contribution is -2.33. The standard InChI is InChI=1S/C17H24N2S/c1-12(2)15-7-5-9-19(15)11-14-13-6-3-4-8-16(13)20-17(14)10-18/h3-4,6,8,12,15H,5,7,9-11,18H2,1-2H3. The highest BCUT2D eigenvalue weighted by atomic mass is 32.1. The first-order valence-corrected chi connectivity index (χ1v) is 8.45. The topological polar surface area (TPSA) is 29.3 Å². The molecule has 20 heavy (non-hydrogen) atoms. The maximum atomic E-state index is 5.98. The summed E-state index contributed by atoms with van der Waals surface area (Å²) in [5, 5.41) is 1.41. The van der Waals surface area contributed by atoms with Crippen LogP contribution in [0.2, 0.25) is 0 Å². The Bertz CT molecular complexity index is 588. The van der Waals surface area contributed by atoms with E-state index in [0.29, 0.717) is 6.54 Å². The number of rotatable bonds is 4. The van der Waals surface area contributed by atoms with E-state index in [1.54, 1.807) is 0 Å². The number of benzene rings is 1. The summed E-state index contributed by atoms with van der Waals surface area (Å²) in [6, 6.07) is 9.46. The van der Waals surface area contributed by atoms with E-state index in [4.69, 9.17) is 5.73 Å². The number of nitrogens with zero attached hydrogens (tertiary/aromatic N) is 1. The van der Waals surface area contributed by atoms with Crippen LogP contribution in [-0.4, -0.2) is 17.5 Å². The molecule has 1 unspecified atom stereocenters. The largest absolute Gasteiger partial charge is 0.326 e. The zero-order chi connectivity index (χ0) is 14.1. The van der Waals surface area contributed by atoms with Crippen LogP contribution in [0, 0.1) is 5.92 Å². The van der Waals surface area contributed by atoms with Crippen LogP contribution in [0.15, 0.2) is 24.3 Å². The highest BCUT2D eigenvalue weighted by Crippen LogP contribution is 2.34. The van der Waals surface area contributed by atoms with E-state index >= 15 is 0 Å². The van der Waals surface area contributed by atoms with Gasteiger partial charge < -0.3 is 5.73 Å². The summed E-state index contributed by atoms with van der Waals surface area (Å²) in [5.41, 5.74) is 7.45. The van der Waals surface area contributed by atoms with Gasteiger partial charge in [0.25, 0.3) is 0 Å². The maximum Gasteiger partial charge on any atom is 0.0349 e. The molecule has 0 saturated carbocycles. The normalized spacial score (nSPS) is 20.3. The molecular weight excluding hydrogens is 264 g/mol. The molecule has 1 aromatic heterocycles. The van der Waals surface area contributed by atoms with Crippen molar-refractivity contribution in [3.8, 4) is 0 Å². The van der Waals surface area contributed by atoms with E-state index in [1.165, 1.54) is 39.9 Å². The monoisotopic (exact) mass is 288 g/mol. The third-order valence-corrected chi connectivity index (χ3v) is 5.75. The Morgan fingerprint density at radius 3 is 2.90 bits per heavy atom. The molecule has 2 nitrogen and oxygen atoms in total. The van der Waals surface area contributed by atoms with Crippen molar-refractivity contribution < 1.29 is 0 Å². The SMILES string of the molecule is CC(C)C1CCCN1Cc1c(CN)sc2ccccc12. The molecule has 0 aliphatic carbocycles. The molecule has 3 heteroatoms. The summed E-state index contributed by atoms with van der Waals surface area (Å²) in [7, 11) is 0. The van der Waals surface area contributed by atoms with Crippen LogP contribution >= 0.6 is 11.3 Å². The van der Waals surface area contributed by atoms with Gasteiger partial charge in [0.05, 0.1) is 0 Å². The molecule has 1 atom stereocenters. The van der Waals surface area contributed by atoms with Gasteiger partial charge in [0.15, 0.2) is 0 Å². The summed E-state index contributed by atoms with van der Waals surface area (Å²) >= 11 is 1.87. The highest BCUT2D eigenvalue weighted by molar-refractivity contribution is 7.19. The second kappa shape index (κ2) is 5.84. The highest BCUT2D eigenvalue weighted by Gasteiger charge is 2.28. The number of nitrogens with two attached hydrogens (primary N) is 1. The first kappa shape index (κ1) is 14.1. The van der Waals surface area contributed by atoms with Crippen LogP contribution < -0.4 is 5.73 Å². The first-order chi connectivity index (χ1) is 9.70. The van der Waals surface area contributed by atoms with E-state index in [-0.39, 0.29) is 0 Å². The van der Waals surface area contributed by atoms with Crippen molar-refractivity contribution in [3.05, 3.63) is 34.7 Å². The van der Waals surface area contributed by atoms with Crippen LogP contribution in [0.4, 0.5) is 0 Å². The molecule has 1 aliphatic heterocycles. The molecule has 1 saturated heterocycles. The fourth-order valence-electron chi connectivity index (χ4n) is 3.49. The van der Waals surface area contributed by atoms with Crippen LogP contribution in [0.5, 0.6) is 0 Å². The summed E-state index contributed by atoms with van der Waals surface area (Å²) in [6.07, 6.45) is 2.68. The minimum absolute atomic E-state index is 0.662. The fraction of sp³-hybridized carbons (Fsp3) is 0.529. The molecule has 1 fully saturated rings. The van der Waals surface area contributed by atoms with Crippen molar-refractivity contribution in [1.82, 2.24) is 4.90 Å². The van der Waals surface area contributed by atoms with Gasteiger partial charge in [0.2, 0.25) is 0 Å². The number of hydrogen-bond donors (Lipinski definition) is 1. The predicted molar refractivity (Wildman–Crippen MR) is 88.0 cm³/mol. The molecule has 3 rings (SSSR count). The molecule has 1 aromatic carbocycles. The second-order valence-electron chi connectivity index (χ2n) is 6.13. The Kier molecular flexibility index (Phi) is 4.11. The quantitative estimate of drug-likeness (QED) is 0.922. The van der Waals surface area contributed by atoms with E-state index in [0.717, 1.165) is 18.5 Å². The van der Waals surface area contributed by atoms with Crippen molar-refractivity contribution >= 4 is 21.4 Å².